The molecular formula is C14H10BrN2S-. The molecule has 0 bridgehead atoms. The first-order valence-corrected chi connectivity index (χ1v) is 6.23. The molecule has 0 saturated carbocycles. The Morgan fingerprint density at radius 1 is 0.833 bits per heavy atom. The van der Waals surface area contributed by atoms with E-state index in [-0.39, 0.29) is 17.0 Å². The highest BCUT2D eigenvalue weighted by Crippen LogP contribution is 2.28. The normalized spacial score (nSPS) is 9.78. The molecular weight excluding hydrogens is 308 g/mol. The van der Waals surface area contributed by atoms with E-state index in [2.05, 4.69) is 27.5 Å². The molecule has 2 nitrogen and oxygen atoms in total. The zero-order chi connectivity index (χ0) is 11.5. The minimum absolute atomic E-state index is 0. The minimum Gasteiger partial charge on any atom is -1.00 e. The second-order valence-electron chi connectivity index (χ2n) is 3.64. The Labute approximate surface area is 120 Å². The number of hydrogen-bond acceptors (Lipinski definition) is 3. The molecule has 0 unspecified atom stereocenters. The summed E-state index contributed by atoms with van der Waals surface area (Å²) in [6.07, 6.45) is 3.58. The molecule has 2 heterocycles. The third-order valence-electron chi connectivity index (χ3n) is 2.50. The first-order chi connectivity index (χ1) is 8.43. The van der Waals surface area contributed by atoms with E-state index in [0.29, 0.717) is 0 Å². The van der Waals surface area contributed by atoms with Gasteiger partial charge < -0.3 is 17.0 Å². The molecule has 1 aromatic carbocycles. The van der Waals surface area contributed by atoms with E-state index in [4.69, 9.17) is 0 Å². The maximum atomic E-state index is 4.64. The number of pyridine rings is 1. The van der Waals surface area contributed by atoms with E-state index in [1.165, 1.54) is 0 Å². The molecule has 3 aromatic rings. The number of thiazole rings is 1. The van der Waals surface area contributed by atoms with Gasteiger partial charge in [-0.25, -0.2) is 4.98 Å². The van der Waals surface area contributed by atoms with Crippen LogP contribution in [0.3, 0.4) is 0 Å². The van der Waals surface area contributed by atoms with Crippen molar-refractivity contribution >= 4 is 11.3 Å². The molecule has 0 radical (unpaired) electrons. The van der Waals surface area contributed by atoms with Gasteiger partial charge in [0.25, 0.3) is 0 Å². The van der Waals surface area contributed by atoms with Gasteiger partial charge in [-0.2, -0.15) is 0 Å². The van der Waals surface area contributed by atoms with Crippen molar-refractivity contribution < 1.29 is 17.0 Å². The van der Waals surface area contributed by atoms with E-state index in [0.717, 1.165) is 21.8 Å². The number of hydrogen-bond donors (Lipinski definition) is 0. The summed E-state index contributed by atoms with van der Waals surface area (Å²) in [5.41, 5.74) is 3.30. The van der Waals surface area contributed by atoms with E-state index in [1.807, 2.05) is 30.3 Å². The summed E-state index contributed by atoms with van der Waals surface area (Å²) in [5, 5.41) is 3.12. The molecule has 90 valence electrons. The first kappa shape index (κ1) is 12.9. The fourth-order valence-corrected chi connectivity index (χ4v) is 2.48. The van der Waals surface area contributed by atoms with Gasteiger partial charge in [0.15, 0.2) is 0 Å². The van der Waals surface area contributed by atoms with Crippen molar-refractivity contribution in [2.24, 2.45) is 0 Å². The molecule has 0 aliphatic carbocycles. The molecule has 0 aliphatic rings. The summed E-state index contributed by atoms with van der Waals surface area (Å²) < 4.78 is 0. The van der Waals surface area contributed by atoms with Crippen LogP contribution in [0, 0.1) is 0 Å². The van der Waals surface area contributed by atoms with Gasteiger partial charge in [-0.15, -0.1) is 11.3 Å². The van der Waals surface area contributed by atoms with Crippen LogP contribution < -0.4 is 17.0 Å². The lowest BCUT2D eigenvalue weighted by Crippen LogP contribution is -3.00. The van der Waals surface area contributed by atoms with Gasteiger partial charge in [-0.05, 0) is 12.1 Å². The molecule has 2 aromatic heterocycles. The minimum atomic E-state index is 0. The van der Waals surface area contributed by atoms with Crippen LogP contribution in [0.5, 0.6) is 0 Å². The molecule has 0 saturated heterocycles. The van der Waals surface area contributed by atoms with Crippen molar-refractivity contribution in [3.05, 3.63) is 60.2 Å². The smallest absolute Gasteiger partial charge is 0.124 e. The number of nitrogens with zero attached hydrogens (tertiary/aromatic N) is 2. The SMILES string of the molecule is [Br-].c1ccc(-c2csc(-c3ccncc3)n2)cc1. The summed E-state index contributed by atoms with van der Waals surface area (Å²) in [4.78, 5) is 8.65. The average molecular weight is 318 g/mol. The quantitative estimate of drug-likeness (QED) is 0.701. The highest BCUT2D eigenvalue weighted by molar-refractivity contribution is 7.13. The Morgan fingerprint density at radius 3 is 2.28 bits per heavy atom. The Hall–Kier alpha value is -1.52. The molecule has 0 N–H and O–H groups in total. The van der Waals surface area contributed by atoms with Gasteiger partial charge in [-0.3, -0.25) is 4.98 Å². The Balaban J connectivity index is 0.00000120. The van der Waals surface area contributed by atoms with Crippen LogP contribution >= 0.6 is 11.3 Å². The standard InChI is InChI=1S/C14H10N2S.BrH/c1-2-4-11(5-3-1)13-10-17-14(16-13)12-6-8-15-9-7-12;/h1-10H;1H/p-1. The third kappa shape index (κ3) is 2.66. The predicted octanol–water partition coefficient (Wildman–Crippen LogP) is 0.876. The number of aromatic nitrogens is 2. The van der Waals surface area contributed by atoms with E-state index in [9.17, 15) is 0 Å². The number of rotatable bonds is 2. The molecule has 0 fully saturated rings. The average Bonchev–Trinajstić information content (AvgIpc) is 2.90. The first-order valence-electron chi connectivity index (χ1n) is 5.35. The van der Waals surface area contributed by atoms with Gasteiger partial charge in [-0.1, -0.05) is 30.3 Å². The monoisotopic (exact) mass is 317 g/mol. The van der Waals surface area contributed by atoms with Crippen LogP contribution in [0.1, 0.15) is 0 Å². The molecule has 18 heavy (non-hydrogen) atoms. The predicted molar refractivity (Wildman–Crippen MR) is 70.8 cm³/mol. The van der Waals surface area contributed by atoms with E-state index in [1.54, 1.807) is 23.7 Å². The summed E-state index contributed by atoms with van der Waals surface area (Å²) in [6.45, 7) is 0. The molecule has 3 rings (SSSR count). The van der Waals surface area contributed by atoms with Crippen molar-refractivity contribution in [3.8, 4) is 21.8 Å². The maximum Gasteiger partial charge on any atom is 0.124 e. The Kier molecular flexibility index (Phi) is 4.23. The summed E-state index contributed by atoms with van der Waals surface area (Å²) in [6, 6.07) is 14.2. The van der Waals surface area contributed by atoms with Gasteiger partial charge in [0.05, 0.1) is 5.69 Å². The fourth-order valence-electron chi connectivity index (χ4n) is 1.64. The lowest BCUT2D eigenvalue weighted by Gasteiger charge is -1.95. The lowest BCUT2D eigenvalue weighted by atomic mass is 10.2. The molecule has 0 amide bonds. The Bertz CT molecular complexity index is 554. The topological polar surface area (TPSA) is 25.8 Å². The van der Waals surface area contributed by atoms with Crippen LogP contribution in [0.4, 0.5) is 0 Å². The van der Waals surface area contributed by atoms with Crippen molar-refractivity contribution in [1.29, 1.82) is 0 Å². The van der Waals surface area contributed by atoms with Crippen LogP contribution in [0.15, 0.2) is 60.2 Å². The highest BCUT2D eigenvalue weighted by Gasteiger charge is 2.05. The summed E-state index contributed by atoms with van der Waals surface area (Å²) >= 11 is 1.66. The van der Waals surface area contributed by atoms with Crippen molar-refractivity contribution in [2.45, 2.75) is 0 Å². The lowest BCUT2D eigenvalue weighted by molar-refractivity contribution is -0.00000335. The van der Waals surface area contributed by atoms with Gasteiger partial charge >= 0.3 is 0 Å². The van der Waals surface area contributed by atoms with E-state index >= 15 is 0 Å². The zero-order valence-electron chi connectivity index (χ0n) is 9.45. The maximum absolute atomic E-state index is 4.64. The molecule has 4 heteroatoms. The number of halogens is 1. The second-order valence-corrected chi connectivity index (χ2v) is 4.50. The van der Waals surface area contributed by atoms with E-state index < -0.39 is 0 Å². The summed E-state index contributed by atoms with van der Waals surface area (Å²) in [5.74, 6) is 0. The zero-order valence-corrected chi connectivity index (χ0v) is 11.9. The molecule has 0 aliphatic heterocycles. The van der Waals surface area contributed by atoms with Crippen LogP contribution in [0.2, 0.25) is 0 Å². The third-order valence-corrected chi connectivity index (χ3v) is 3.39. The number of benzene rings is 1. The fraction of sp³-hybridized carbons (Fsp3) is 0. The van der Waals surface area contributed by atoms with Crippen LogP contribution in [-0.2, 0) is 0 Å². The van der Waals surface area contributed by atoms with Crippen molar-refractivity contribution in [3.63, 3.8) is 0 Å². The molecule has 0 atom stereocenters. The van der Waals surface area contributed by atoms with Gasteiger partial charge in [0.1, 0.15) is 5.01 Å². The summed E-state index contributed by atoms with van der Waals surface area (Å²) in [7, 11) is 0. The van der Waals surface area contributed by atoms with Crippen molar-refractivity contribution in [2.75, 3.05) is 0 Å². The highest BCUT2D eigenvalue weighted by atomic mass is 79.9. The molecule has 0 spiro atoms. The largest absolute Gasteiger partial charge is 1.00 e. The van der Waals surface area contributed by atoms with Gasteiger partial charge in [0.2, 0.25) is 0 Å². The van der Waals surface area contributed by atoms with Crippen molar-refractivity contribution in [1.82, 2.24) is 9.97 Å². The van der Waals surface area contributed by atoms with Gasteiger partial charge in [0, 0.05) is 28.9 Å². The Morgan fingerprint density at radius 2 is 1.56 bits per heavy atom. The van der Waals surface area contributed by atoms with Crippen LogP contribution in [0.25, 0.3) is 21.8 Å². The second kappa shape index (κ2) is 5.89. The van der Waals surface area contributed by atoms with Crippen LogP contribution in [-0.4, -0.2) is 9.97 Å².